The lowest BCUT2D eigenvalue weighted by Crippen LogP contribution is -1.98. The number of hydrogen-bond donors (Lipinski definition) is 0. The van der Waals surface area contributed by atoms with Crippen molar-refractivity contribution in [3.8, 4) is 17.3 Å². The van der Waals surface area contributed by atoms with Crippen molar-refractivity contribution in [2.24, 2.45) is 0 Å². The molecule has 0 aliphatic rings. The molecule has 1 unspecified atom stereocenters. The maximum Gasteiger partial charge on any atom is 0.140 e. The molecular weight excluding hydrogens is 317 g/mol. The van der Waals surface area contributed by atoms with Crippen LogP contribution in [0.1, 0.15) is 24.1 Å². The van der Waals surface area contributed by atoms with Crippen molar-refractivity contribution in [2.75, 3.05) is 0 Å². The van der Waals surface area contributed by atoms with Gasteiger partial charge in [-0.1, -0.05) is 35.3 Å². The molecule has 0 radical (unpaired) electrons. The summed E-state index contributed by atoms with van der Waals surface area (Å²) < 4.78 is 1.97. The highest BCUT2D eigenvalue weighted by molar-refractivity contribution is 6.42. The Morgan fingerprint density at radius 3 is 2.68 bits per heavy atom. The van der Waals surface area contributed by atoms with Crippen molar-refractivity contribution in [3.05, 3.63) is 57.8 Å². The lowest BCUT2D eigenvalue weighted by Gasteiger charge is -2.07. The molecule has 0 saturated heterocycles. The van der Waals surface area contributed by atoms with E-state index in [0.29, 0.717) is 10.0 Å². The molecule has 0 amide bonds. The molecule has 1 aromatic carbocycles. The Hall–Kier alpha value is -2.02. The fourth-order valence-corrected chi connectivity index (χ4v) is 2.85. The van der Waals surface area contributed by atoms with Gasteiger partial charge in [0.25, 0.3) is 0 Å². The first-order valence-corrected chi connectivity index (χ1v) is 7.61. The molecule has 2 aromatic heterocycles. The number of benzene rings is 1. The standard InChI is InChI=1S/C17H13Cl2N3/c1-10-4-3-7-22-16(11(2)9-20)15(21-17(10)22)12-5-6-13(18)14(19)8-12/h3-8,11H,1-2H3. The van der Waals surface area contributed by atoms with Crippen LogP contribution in [0.2, 0.25) is 10.0 Å². The van der Waals surface area contributed by atoms with E-state index in [0.717, 1.165) is 28.2 Å². The van der Waals surface area contributed by atoms with Crippen molar-refractivity contribution < 1.29 is 0 Å². The van der Waals surface area contributed by atoms with Gasteiger partial charge in [0, 0.05) is 11.8 Å². The van der Waals surface area contributed by atoms with Gasteiger partial charge in [-0.25, -0.2) is 4.98 Å². The number of rotatable bonds is 2. The summed E-state index contributed by atoms with van der Waals surface area (Å²) in [5, 5.41) is 10.3. The molecule has 0 spiro atoms. The largest absolute Gasteiger partial charge is 0.302 e. The zero-order valence-corrected chi connectivity index (χ0v) is 13.7. The monoisotopic (exact) mass is 329 g/mol. The average Bonchev–Trinajstić information content (AvgIpc) is 2.90. The first kappa shape index (κ1) is 14.9. The zero-order chi connectivity index (χ0) is 15.9. The van der Waals surface area contributed by atoms with Gasteiger partial charge >= 0.3 is 0 Å². The smallest absolute Gasteiger partial charge is 0.140 e. The summed E-state index contributed by atoms with van der Waals surface area (Å²) in [5.74, 6) is -0.291. The highest BCUT2D eigenvalue weighted by Crippen LogP contribution is 2.34. The van der Waals surface area contributed by atoms with E-state index >= 15 is 0 Å². The number of aromatic nitrogens is 2. The number of nitrogens with zero attached hydrogens (tertiary/aromatic N) is 3. The maximum atomic E-state index is 9.37. The van der Waals surface area contributed by atoms with Gasteiger partial charge in [-0.2, -0.15) is 5.26 Å². The molecule has 2 heterocycles. The lowest BCUT2D eigenvalue weighted by atomic mass is 10.0. The molecule has 3 nitrogen and oxygen atoms in total. The lowest BCUT2D eigenvalue weighted by molar-refractivity contribution is 0.898. The van der Waals surface area contributed by atoms with Crippen LogP contribution in [-0.2, 0) is 0 Å². The van der Waals surface area contributed by atoms with Gasteiger partial charge in [-0.3, -0.25) is 0 Å². The SMILES string of the molecule is Cc1cccn2c(C(C)C#N)c(-c3ccc(Cl)c(Cl)c3)nc12. The van der Waals surface area contributed by atoms with Crippen LogP contribution in [-0.4, -0.2) is 9.38 Å². The first-order chi connectivity index (χ1) is 10.5. The van der Waals surface area contributed by atoms with E-state index in [-0.39, 0.29) is 5.92 Å². The van der Waals surface area contributed by atoms with Gasteiger partial charge in [0.1, 0.15) is 5.65 Å². The zero-order valence-electron chi connectivity index (χ0n) is 12.1. The number of hydrogen-bond acceptors (Lipinski definition) is 2. The van der Waals surface area contributed by atoms with Gasteiger partial charge < -0.3 is 4.40 Å². The van der Waals surface area contributed by atoms with Gasteiger partial charge in [-0.15, -0.1) is 0 Å². The van der Waals surface area contributed by atoms with E-state index in [9.17, 15) is 5.26 Å². The first-order valence-electron chi connectivity index (χ1n) is 6.85. The molecule has 0 fully saturated rings. The van der Waals surface area contributed by atoms with Crippen molar-refractivity contribution >= 4 is 28.8 Å². The van der Waals surface area contributed by atoms with Crippen molar-refractivity contribution in [2.45, 2.75) is 19.8 Å². The van der Waals surface area contributed by atoms with E-state index in [1.165, 1.54) is 0 Å². The van der Waals surface area contributed by atoms with Crippen LogP contribution in [0, 0.1) is 18.3 Å². The van der Waals surface area contributed by atoms with Crippen molar-refractivity contribution in [1.29, 1.82) is 5.26 Å². The fraction of sp³-hybridized carbons (Fsp3) is 0.176. The second-order valence-electron chi connectivity index (χ2n) is 5.21. The third-order valence-corrected chi connectivity index (χ3v) is 4.42. The number of halogens is 2. The second-order valence-corrected chi connectivity index (χ2v) is 6.02. The highest BCUT2D eigenvalue weighted by Gasteiger charge is 2.20. The minimum Gasteiger partial charge on any atom is -0.302 e. The third-order valence-electron chi connectivity index (χ3n) is 3.68. The number of fused-ring (bicyclic) bond motifs is 1. The number of nitriles is 1. The minimum absolute atomic E-state index is 0.291. The van der Waals surface area contributed by atoms with Gasteiger partial charge in [0.05, 0.1) is 33.4 Å². The van der Waals surface area contributed by atoms with E-state index in [1.54, 1.807) is 12.1 Å². The van der Waals surface area contributed by atoms with Crippen LogP contribution in [0.4, 0.5) is 0 Å². The molecule has 3 aromatic rings. The Morgan fingerprint density at radius 1 is 1.23 bits per heavy atom. The molecule has 0 bridgehead atoms. The molecule has 0 N–H and O–H groups in total. The van der Waals surface area contributed by atoms with E-state index in [2.05, 4.69) is 6.07 Å². The Bertz CT molecular complexity index is 906. The van der Waals surface area contributed by atoms with Gasteiger partial charge in [0.2, 0.25) is 0 Å². The summed E-state index contributed by atoms with van der Waals surface area (Å²) >= 11 is 12.1. The van der Waals surface area contributed by atoms with E-state index in [4.69, 9.17) is 28.2 Å². The van der Waals surface area contributed by atoms with Crippen LogP contribution < -0.4 is 0 Å². The van der Waals surface area contributed by atoms with E-state index in [1.807, 2.05) is 42.6 Å². The predicted molar refractivity (Wildman–Crippen MR) is 89.4 cm³/mol. The Kier molecular flexibility index (Phi) is 3.82. The Balaban J connectivity index is 2.35. The highest BCUT2D eigenvalue weighted by atomic mass is 35.5. The normalized spacial score (nSPS) is 12.3. The topological polar surface area (TPSA) is 41.1 Å². The predicted octanol–water partition coefficient (Wildman–Crippen LogP) is 5.24. The Morgan fingerprint density at radius 2 is 2.00 bits per heavy atom. The molecule has 0 saturated carbocycles. The quantitative estimate of drug-likeness (QED) is 0.644. The van der Waals surface area contributed by atoms with Crippen LogP contribution in [0.25, 0.3) is 16.9 Å². The van der Waals surface area contributed by atoms with Gasteiger partial charge in [-0.05, 0) is 37.6 Å². The summed E-state index contributed by atoms with van der Waals surface area (Å²) in [5.41, 5.74) is 4.39. The average molecular weight is 330 g/mol. The summed E-state index contributed by atoms with van der Waals surface area (Å²) in [6.45, 7) is 3.87. The molecule has 1 atom stereocenters. The molecule has 3 rings (SSSR count). The number of imidazole rings is 1. The van der Waals surface area contributed by atoms with Crippen LogP contribution in [0.5, 0.6) is 0 Å². The Labute approximate surface area is 138 Å². The molecular formula is C17H13Cl2N3. The fourth-order valence-electron chi connectivity index (χ4n) is 2.55. The summed E-state index contributed by atoms with van der Waals surface area (Å²) in [7, 11) is 0. The minimum atomic E-state index is -0.291. The second kappa shape index (κ2) is 5.64. The molecule has 0 aliphatic heterocycles. The van der Waals surface area contributed by atoms with Crippen molar-refractivity contribution in [3.63, 3.8) is 0 Å². The molecule has 110 valence electrons. The summed E-state index contributed by atoms with van der Waals surface area (Å²) in [6.07, 6.45) is 1.93. The summed E-state index contributed by atoms with van der Waals surface area (Å²) in [4.78, 5) is 4.73. The molecule has 0 aliphatic carbocycles. The van der Waals surface area contributed by atoms with E-state index < -0.39 is 0 Å². The molecule has 22 heavy (non-hydrogen) atoms. The van der Waals surface area contributed by atoms with Crippen LogP contribution in [0.3, 0.4) is 0 Å². The van der Waals surface area contributed by atoms with Gasteiger partial charge in [0.15, 0.2) is 0 Å². The summed E-state index contributed by atoms with van der Waals surface area (Å²) in [6, 6.07) is 11.7. The van der Waals surface area contributed by atoms with Crippen LogP contribution >= 0.6 is 23.2 Å². The number of aryl methyl sites for hydroxylation is 1. The third kappa shape index (κ3) is 2.35. The van der Waals surface area contributed by atoms with Crippen LogP contribution in [0.15, 0.2) is 36.5 Å². The number of pyridine rings is 1. The maximum absolute atomic E-state index is 9.37. The molecule has 5 heteroatoms. The van der Waals surface area contributed by atoms with Crippen molar-refractivity contribution in [1.82, 2.24) is 9.38 Å².